The predicted octanol–water partition coefficient (Wildman–Crippen LogP) is 5.48. The van der Waals surface area contributed by atoms with Crippen LogP contribution in [0.25, 0.3) is 23.0 Å². The molecule has 2 aliphatic rings. The zero-order valence-corrected chi connectivity index (χ0v) is 22.1. The number of carbonyl (C=O) groups is 1. The molecular weight excluding hydrogens is 513 g/mol. The quantitative estimate of drug-likeness (QED) is 0.313. The number of methoxy groups -OCH3 is 1. The second-order valence-corrected chi connectivity index (χ2v) is 10.2. The number of rotatable bonds is 5. The highest BCUT2D eigenvalue weighted by atomic mass is 32.2. The molecule has 1 amide bonds. The smallest absolute Gasteiger partial charge is 0.286 e. The van der Waals surface area contributed by atoms with Gasteiger partial charge in [0.1, 0.15) is 11.6 Å². The number of thioether (sulfide) groups is 1. The molecule has 4 aromatic rings. The molecule has 0 saturated carbocycles. The normalized spacial score (nSPS) is 16.6. The van der Waals surface area contributed by atoms with Gasteiger partial charge in [-0.15, -0.1) is 0 Å². The van der Waals surface area contributed by atoms with Crippen molar-refractivity contribution in [2.24, 2.45) is 4.99 Å². The fourth-order valence-corrected chi connectivity index (χ4v) is 5.66. The number of aromatic nitrogens is 2. The fraction of sp³-hybridized carbons (Fsp3) is 0.167. The maximum absolute atomic E-state index is 14.2. The summed E-state index contributed by atoms with van der Waals surface area (Å²) in [5.41, 5.74) is 4.02. The molecule has 1 saturated heterocycles. The van der Waals surface area contributed by atoms with Crippen LogP contribution in [0.2, 0.25) is 0 Å². The van der Waals surface area contributed by atoms with E-state index in [9.17, 15) is 9.18 Å². The first-order valence-electron chi connectivity index (χ1n) is 12.7. The van der Waals surface area contributed by atoms with E-state index in [4.69, 9.17) is 9.84 Å². The van der Waals surface area contributed by atoms with Crippen molar-refractivity contribution in [3.05, 3.63) is 101 Å². The van der Waals surface area contributed by atoms with E-state index in [0.717, 1.165) is 28.3 Å². The maximum Gasteiger partial charge on any atom is 0.286 e. The Kier molecular flexibility index (Phi) is 6.89. The molecule has 0 unspecified atom stereocenters. The minimum Gasteiger partial charge on any atom is -0.497 e. The first-order valence-corrected chi connectivity index (χ1v) is 13.5. The average molecular weight is 540 g/mol. The molecule has 3 heterocycles. The molecule has 0 spiro atoms. The highest BCUT2D eigenvalue weighted by Crippen LogP contribution is 2.34. The number of hydrogen-bond donors (Lipinski definition) is 0. The number of anilines is 1. The molecule has 196 valence electrons. The predicted molar refractivity (Wildman–Crippen MR) is 154 cm³/mol. The van der Waals surface area contributed by atoms with Crippen molar-refractivity contribution >= 4 is 34.6 Å². The van der Waals surface area contributed by atoms with Crippen LogP contribution in [0.3, 0.4) is 0 Å². The van der Waals surface area contributed by atoms with Crippen molar-refractivity contribution in [2.45, 2.75) is 0 Å². The number of piperazine rings is 1. The number of nitrogens with zero attached hydrogens (tertiary/aromatic N) is 5. The van der Waals surface area contributed by atoms with Gasteiger partial charge in [0.15, 0.2) is 5.17 Å². The van der Waals surface area contributed by atoms with Crippen LogP contribution in [0.15, 0.2) is 95.0 Å². The molecule has 6 rings (SSSR count). The Labute approximate surface area is 230 Å². The molecule has 7 nitrogen and oxygen atoms in total. The standard InChI is InChI=1S/C30H26FN5O2S/c1-38-24-13-11-21(12-14-24)28-22(20-36(33-28)23-7-3-2-4-8-23)19-27-29(37)32-30(39-27)35-17-15-34(16-18-35)26-10-6-5-9-25(26)31/h2-14,19-20H,15-18H2,1H3/b27-19-. The number of benzene rings is 3. The molecule has 0 bridgehead atoms. The summed E-state index contributed by atoms with van der Waals surface area (Å²) in [6.07, 6.45) is 3.80. The summed E-state index contributed by atoms with van der Waals surface area (Å²) in [4.78, 5) is 22.0. The van der Waals surface area contributed by atoms with E-state index in [2.05, 4.69) is 9.89 Å². The second kappa shape index (κ2) is 10.8. The van der Waals surface area contributed by atoms with Crippen LogP contribution < -0.4 is 9.64 Å². The van der Waals surface area contributed by atoms with Gasteiger partial charge in [-0.05, 0) is 66.4 Å². The summed E-state index contributed by atoms with van der Waals surface area (Å²) in [5.74, 6) is 0.276. The second-order valence-electron chi connectivity index (χ2n) is 9.18. The zero-order chi connectivity index (χ0) is 26.8. The van der Waals surface area contributed by atoms with Gasteiger partial charge < -0.3 is 14.5 Å². The molecule has 1 fully saturated rings. The van der Waals surface area contributed by atoms with Crippen molar-refractivity contribution in [3.63, 3.8) is 0 Å². The summed E-state index contributed by atoms with van der Waals surface area (Å²) < 4.78 is 21.4. The van der Waals surface area contributed by atoms with Crippen molar-refractivity contribution in [2.75, 3.05) is 38.2 Å². The highest BCUT2D eigenvalue weighted by molar-refractivity contribution is 8.18. The lowest BCUT2D eigenvalue weighted by Gasteiger charge is -2.36. The largest absolute Gasteiger partial charge is 0.497 e. The third-order valence-electron chi connectivity index (χ3n) is 6.77. The average Bonchev–Trinajstić information content (AvgIpc) is 3.57. The third-order valence-corrected chi connectivity index (χ3v) is 7.81. The Morgan fingerprint density at radius 3 is 2.31 bits per heavy atom. The third kappa shape index (κ3) is 5.18. The summed E-state index contributed by atoms with van der Waals surface area (Å²) in [6, 6.07) is 24.4. The van der Waals surface area contributed by atoms with Crippen LogP contribution in [0, 0.1) is 5.82 Å². The number of amides is 1. The number of ether oxygens (including phenoxy) is 1. The van der Waals surface area contributed by atoms with Crippen molar-refractivity contribution in [1.82, 2.24) is 14.7 Å². The van der Waals surface area contributed by atoms with E-state index >= 15 is 0 Å². The van der Waals surface area contributed by atoms with Gasteiger partial charge in [0.2, 0.25) is 0 Å². The number of hydrogen-bond acceptors (Lipinski definition) is 6. The number of aliphatic imine (C=N–C) groups is 1. The first kappa shape index (κ1) is 24.9. The van der Waals surface area contributed by atoms with Gasteiger partial charge in [-0.1, -0.05) is 30.3 Å². The van der Waals surface area contributed by atoms with Gasteiger partial charge in [-0.3, -0.25) is 4.79 Å². The van der Waals surface area contributed by atoms with Crippen molar-refractivity contribution < 1.29 is 13.9 Å². The van der Waals surface area contributed by atoms with Crippen LogP contribution >= 0.6 is 11.8 Å². The first-order chi connectivity index (χ1) is 19.1. The molecule has 0 radical (unpaired) electrons. The summed E-state index contributed by atoms with van der Waals surface area (Å²) in [5, 5.41) is 5.53. The monoisotopic (exact) mass is 539 g/mol. The molecule has 0 N–H and O–H groups in total. The van der Waals surface area contributed by atoms with Gasteiger partial charge >= 0.3 is 0 Å². The van der Waals surface area contributed by atoms with Crippen LogP contribution in [0.5, 0.6) is 5.75 Å². The van der Waals surface area contributed by atoms with Crippen molar-refractivity contribution in [1.29, 1.82) is 0 Å². The lowest BCUT2D eigenvalue weighted by atomic mass is 10.1. The van der Waals surface area contributed by atoms with Gasteiger partial charge in [0.05, 0.1) is 29.1 Å². The lowest BCUT2D eigenvalue weighted by molar-refractivity contribution is -0.113. The van der Waals surface area contributed by atoms with Crippen LogP contribution in [0.4, 0.5) is 10.1 Å². The van der Waals surface area contributed by atoms with Gasteiger partial charge in [0, 0.05) is 43.5 Å². The Morgan fingerprint density at radius 2 is 1.59 bits per heavy atom. The van der Waals surface area contributed by atoms with Crippen LogP contribution in [0.1, 0.15) is 5.56 Å². The van der Waals surface area contributed by atoms with Crippen molar-refractivity contribution in [3.8, 4) is 22.7 Å². The minimum absolute atomic E-state index is 0.220. The minimum atomic E-state index is -0.264. The Hall–Kier alpha value is -4.37. The van der Waals surface area contributed by atoms with E-state index < -0.39 is 0 Å². The number of halogens is 1. The van der Waals surface area contributed by atoms with E-state index in [0.29, 0.717) is 41.9 Å². The van der Waals surface area contributed by atoms with E-state index in [1.54, 1.807) is 19.2 Å². The van der Waals surface area contributed by atoms with E-state index in [1.165, 1.54) is 17.8 Å². The molecule has 39 heavy (non-hydrogen) atoms. The number of carbonyl (C=O) groups excluding carboxylic acids is 1. The maximum atomic E-state index is 14.2. The molecular formula is C30H26FN5O2S. The highest BCUT2D eigenvalue weighted by Gasteiger charge is 2.29. The molecule has 1 aromatic heterocycles. The molecule has 9 heteroatoms. The van der Waals surface area contributed by atoms with Crippen LogP contribution in [-0.4, -0.2) is 59.0 Å². The molecule has 2 aliphatic heterocycles. The van der Waals surface area contributed by atoms with E-state index in [1.807, 2.05) is 82.5 Å². The zero-order valence-electron chi connectivity index (χ0n) is 21.3. The summed E-state index contributed by atoms with van der Waals surface area (Å²) >= 11 is 1.37. The summed E-state index contributed by atoms with van der Waals surface area (Å²) in [6.45, 7) is 2.62. The van der Waals surface area contributed by atoms with Gasteiger partial charge in [-0.2, -0.15) is 10.1 Å². The summed E-state index contributed by atoms with van der Waals surface area (Å²) in [7, 11) is 1.63. The Balaban J connectivity index is 1.24. The van der Waals surface area contributed by atoms with Crippen LogP contribution in [-0.2, 0) is 4.79 Å². The SMILES string of the molecule is COc1ccc(-c2nn(-c3ccccc3)cc2/C=C2\SC(N3CCN(c4ccccc4F)CC3)=NC2=O)cc1. The molecule has 0 aliphatic carbocycles. The van der Waals surface area contributed by atoms with E-state index in [-0.39, 0.29) is 11.7 Å². The Bertz CT molecular complexity index is 1560. The topological polar surface area (TPSA) is 63.0 Å². The number of amidine groups is 1. The molecule has 0 atom stereocenters. The number of para-hydroxylation sites is 2. The molecule has 3 aromatic carbocycles. The fourth-order valence-electron chi connectivity index (χ4n) is 4.70. The van der Waals surface area contributed by atoms with Gasteiger partial charge in [0.25, 0.3) is 5.91 Å². The lowest BCUT2D eigenvalue weighted by Crippen LogP contribution is -2.48. The van der Waals surface area contributed by atoms with Gasteiger partial charge in [-0.25, -0.2) is 9.07 Å². The Morgan fingerprint density at radius 1 is 0.897 bits per heavy atom.